The maximum Gasteiger partial charge on any atom is 0.150 e. The first-order valence-electron chi connectivity index (χ1n) is 4.76. The molecule has 0 aliphatic carbocycles. The van der Waals surface area contributed by atoms with Gasteiger partial charge in [0.05, 0.1) is 11.5 Å². The molecule has 0 aromatic heterocycles. The first-order chi connectivity index (χ1) is 6.44. The van der Waals surface area contributed by atoms with Gasteiger partial charge in [0.25, 0.3) is 0 Å². The number of allylic oxidation sites excluding steroid dienone is 1. The Morgan fingerprint density at radius 1 is 1.57 bits per heavy atom. The summed E-state index contributed by atoms with van der Waals surface area (Å²) in [5, 5.41) is 0. The molecule has 2 unspecified atom stereocenters. The summed E-state index contributed by atoms with van der Waals surface area (Å²) in [6, 6.07) is -0.0164. The van der Waals surface area contributed by atoms with Gasteiger partial charge in [0, 0.05) is 6.04 Å². The van der Waals surface area contributed by atoms with Crippen molar-refractivity contribution >= 4 is 9.84 Å². The molecule has 1 heterocycles. The molecule has 1 aliphatic rings. The number of sulfone groups is 1. The second-order valence-corrected chi connectivity index (χ2v) is 6.33. The summed E-state index contributed by atoms with van der Waals surface area (Å²) >= 11 is 0. The summed E-state index contributed by atoms with van der Waals surface area (Å²) < 4.78 is 22.5. The summed E-state index contributed by atoms with van der Waals surface area (Å²) in [7, 11) is -2.81. The monoisotopic (exact) mass is 218 g/mol. The predicted octanol–water partition coefficient (Wildman–Crippen LogP) is 0.219. The van der Waals surface area contributed by atoms with Crippen molar-refractivity contribution in [2.75, 3.05) is 11.5 Å². The minimum absolute atomic E-state index is 0.0164. The Hall–Kier alpha value is -0.390. The smallest absolute Gasteiger partial charge is 0.150 e. The van der Waals surface area contributed by atoms with Crippen LogP contribution in [0.1, 0.15) is 20.3 Å². The molecule has 0 spiro atoms. The van der Waals surface area contributed by atoms with Crippen LogP contribution in [0.5, 0.6) is 0 Å². The van der Waals surface area contributed by atoms with E-state index in [1.807, 2.05) is 19.9 Å². The third-order valence-electron chi connectivity index (χ3n) is 2.48. The van der Waals surface area contributed by atoms with Crippen molar-refractivity contribution in [3.05, 3.63) is 11.6 Å². The molecule has 0 radical (unpaired) electrons. The summed E-state index contributed by atoms with van der Waals surface area (Å²) in [6.07, 6.45) is 2.70. The van der Waals surface area contributed by atoms with Gasteiger partial charge in [0.15, 0.2) is 9.84 Å². The third-order valence-corrected chi connectivity index (χ3v) is 4.27. The molecule has 5 heteroatoms. The van der Waals surface area contributed by atoms with Crippen LogP contribution in [0.4, 0.5) is 0 Å². The highest BCUT2D eigenvalue weighted by molar-refractivity contribution is 7.91. The minimum Gasteiger partial charge on any atom is -0.271 e. The van der Waals surface area contributed by atoms with Crippen LogP contribution in [-0.4, -0.2) is 26.0 Å². The highest BCUT2D eigenvalue weighted by Crippen LogP contribution is 2.22. The van der Waals surface area contributed by atoms with Crippen molar-refractivity contribution < 1.29 is 8.42 Å². The van der Waals surface area contributed by atoms with E-state index in [2.05, 4.69) is 5.43 Å². The Morgan fingerprint density at radius 3 is 2.57 bits per heavy atom. The van der Waals surface area contributed by atoms with Crippen molar-refractivity contribution in [3.8, 4) is 0 Å². The first-order valence-corrected chi connectivity index (χ1v) is 6.58. The van der Waals surface area contributed by atoms with E-state index in [1.54, 1.807) is 0 Å². The van der Waals surface area contributed by atoms with Gasteiger partial charge in [-0.15, -0.1) is 0 Å². The lowest BCUT2D eigenvalue weighted by molar-refractivity contribution is 0.448. The molecule has 0 aromatic carbocycles. The molecule has 0 aromatic rings. The number of nitrogens with one attached hydrogen (secondary N) is 1. The number of hydrogen-bond donors (Lipinski definition) is 2. The molecule has 82 valence electrons. The molecule has 0 saturated carbocycles. The fourth-order valence-electron chi connectivity index (χ4n) is 1.79. The topological polar surface area (TPSA) is 72.2 Å². The number of rotatable bonds is 3. The average Bonchev–Trinajstić information content (AvgIpc) is 2.41. The van der Waals surface area contributed by atoms with Crippen LogP contribution in [0.25, 0.3) is 0 Å². The first kappa shape index (κ1) is 11.7. The van der Waals surface area contributed by atoms with Crippen molar-refractivity contribution in [3.63, 3.8) is 0 Å². The lowest BCUT2D eigenvalue weighted by Crippen LogP contribution is -2.40. The summed E-state index contributed by atoms with van der Waals surface area (Å²) in [5.74, 6) is 6.08. The largest absolute Gasteiger partial charge is 0.271 e. The number of hydrazine groups is 1. The zero-order valence-corrected chi connectivity index (χ0v) is 9.47. The van der Waals surface area contributed by atoms with Gasteiger partial charge in [-0.25, -0.2) is 8.42 Å². The second kappa shape index (κ2) is 4.42. The SMILES string of the molecule is CC(C)=CC(NN)C1CCS(=O)(=O)C1. The van der Waals surface area contributed by atoms with E-state index in [9.17, 15) is 8.42 Å². The van der Waals surface area contributed by atoms with Crippen LogP contribution in [0, 0.1) is 5.92 Å². The molecular weight excluding hydrogens is 200 g/mol. The Bertz CT molecular complexity index is 318. The summed E-state index contributed by atoms with van der Waals surface area (Å²) in [6.45, 7) is 3.96. The van der Waals surface area contributed by atoms with Crippen LogP contribution in [-0.2, 0) is 9.84 Å². The maximum absolute atomic E-state index is 11.3. The fourth-order valence-corrected chi connectivity index (χ4v) is 3.64. The van der Waals surface area contributed by atoms with Gasteiger partial charge < -0.3 is 0 Å². The molecule has 0 amide bonds. The zero-order chi connectivity index (χ0) is 10.8. The van der Waals surface area contributed by atoms with E-state index in [-0.39, 0.29) is 17.7 Å². The van der Waals surface area contributed by atoms with E-state index in [0.29, 0.717) is 12.2 Å². The predicted molar refractivity (Wildman–Crippen MR) is 57.3 cm³/mol. The van der Waals surface area contributed by atoms with Crippen molar-refractivity contribution in [2.45, 2.75) is 26.3 Å². The van der Waals surface area contributed by atoms with Crippen LogP contribution >= 0.6 is 0 Å². The van der Waals surface area contributed by atoms with Gasteiger partial charge in [0.2, 0.25) is 0 Å². The highest BCUT2D eigenvalue weighted by atomic mass is 32.2. The lowest BCUT2D eigenvalue weighted by Gasteiger charge is -2.18. The normalized spacial score (nSPS) is 27.2. The van der Waals surface area contributed by atoms with Crippen molar-refractivity contribution in [1.29, 1.82) is 0 Å². The molecule has 1 aliphatic heterocycles. The zero-order valence-electron chi connectivity index (χ0n) is 8.66. The van der Waals surface area contributed by atoms with Crippen LogP contribution < -0.4 is 11.3 Å². The van der Waals surface area contributed by atoms with E-state index in [1.165, 1.54) is 0 Å². The Morgan fingerprint density at radius 2 is 2.21 bits per heavy atom. The molecule has 1 fully saturated rings. The highest BCUT2D eigenvalue weighted by Gasteiger charge is 2.32. The van der Waals surface area contributed by atoms with Crippen molar-refractivity contribution in [2.24, 2.45) is 11.8 Å². The lowest BCUT2D eigenvalue weighted by atomic mass is 9.98. The number of nitrogens with two attached hydrogens (primary N) is 1. The van der Waals surface area contributed by atoms with E-state index in [4.69, 9.17) is 5.84 Å². The quantitative estimate of drug-likeness (QED) is 0.404. The van der Waals surface area contributed by atoms with Gasteiger partial charge in [-0.05, 0) is 26.2 Å². The van der Waals surface area contributed by atoms with Gasteiger partial charge >= 0.3 is 0 Å². The Labute approximate surface area is 85.4 Å². The van der Waals surface area contributed by atoms with Crippen molar-refractivity contribution in [1.82, 2.24) is 5.43 Å². The van der Waals surface area contributed by atoms with E-state index in [0.717, 1.165) is 5.57 Å². The van der Waals surface area contributed by atoms with Gasteiger partial charge in [-0.3, -0.25) is 11.3 Å². The molecule has 14 heavy (non-hydrogen) atoms. The molecule has 1 rings (SSSR count). The standard InChI is InChI=1S/C9H18N2O2S/c1-7(2)5-9(11-10)8-3-4-14(12,13)6-8/h5,8-9,11H,3-4,6,10H2,1-2H3. The van der Waals surface area contributed by atoms with Crippen LogP contribution in [0.3, 0.4) is 0 Å². The van der Waals surface area contributed by atoms with Gasteiger partial charge in [-0.1, -0.05) is 11.6 Å². The summed E-state index contributed by atoms with van der Waals surface area (Å²) in [4.78, 5) is 0. The maximum atomic E-state index is 11.3. The van der Waals surface area contributed by atoms with Gasteiger partial charge in [0.1, 0.15) is 0 Å². The van der Waals surface area contributed by atoms with E-state index < -0.39 is 9.84 Å². The average molecular weight is 218 g/mol. The molecule has 3 N–H and O–H groups in total. The fraction of sp³-hybridized carbons (Fsp3) is 0.778. The van der Waals surface area contributed by atoms with Crippen LogP contribution in [0.15, 0.2) is 11.6 Å². The Balaban J connectivity index is 2.69. The Kier molecular flexibility index (Phi) is 3.69. The van der Waals surface area contributed by atoms with Gasteiger partial charge in [-0.2, -0.15) is 0 Å². The molecular formula is C9H18N2O2S. The molecule has 0 bridgehead atoms. The van der Waals surface area contributed by atoms with E-state index >= 15 is 0 Å². The number of hydrogen-bond acceptors (Lipinski definition) is 4. The van der Waals surface area contributed by atoms with Crippen LogP contribution in [0.2, 0.25) is 0 Å². The molecule has 2 atom stereocenters. The second-order valence-electron chi connectivity index (χ2n) is 4.10. The third kappa shape index (κ3) is 3.08. The molecule has 1 saturated heterocycles. The minimum atomic E-state index is -2.81. The summed E-state index contributed by atoms with van der Waals surface area (Å²) in [5.41, 5.74) is 3.82. The molecule has 4 nitrogen and oxygen atoms in total.